The summed E-state index contributed by atoms with van der Waals surface area (Å²) in [5.74, 6) is 0.863. The molecule has 0 bridgehead atoms. The predicted molar refractivity (Wildman–Crippen MR) is 87.9 cm³/mol. The van der Waals surface area contributed by atoms with Gasteiger partial charge in [0.1, 0.15) is 0 Å². The van der Waals surface area contributed by atoms with E-state index in [1.54, 1.807) is 0 Å². The van der Waals surface area contributed by atoms with Gasteiger partial charge in [-0.15, -0.1) is 0 Å². The molecule has 0 amide bonds. The highest BCUT2D eigenvalue weighted by atomic mass is 15.2. The molecule has 1 saturated heterocycles. The third kappa shape index (κ3) is 3.15. The summed E-state index contributed by atoms with van der Waals surface area (Å²) in [7, 11) is 4.10. The van der Waals surface area contributed by atoms with E-state index >= 15 is 0 Å². The van der Waals surface area contributed by atoms with Crippen molar-refractivity contribution in [1.82, 2.24) is 9.97 Å². The molecule has 0 saturated carbocycles. The van der Waals surface area contributed by atoms with Gasteiger partial charge in [-0.3, -0.25) is 0 Å². The molecule has 1 aliphatic heterocycles. The number of anilines is 2. The Morgan fingerprint density at radius 1 is 0.952 bits per heavy atom. The molecule has 0 spiro atoms. The monoisotopic (exact) mass is 282 g/mol. The number of hydrogen-bond acceptors (Lipinski definition) is 4. The quantitative estimate of drug-likeness (QED) is 0.865. The van der Waals surface area contributed by atoms with Gasteiger partial charge in [-0.25, -0.2) is 9.97 Å². The third-order valence-electron chi connectivity index (χ3n) is 3.97. The summed E-state index contributed by atoms with van der Waals surface area (Å²) in [4.78, 5) is 13.5. The van der Waals surface area contributed by atoms with Crippen molar-refractivity contribution in [3.63, 3.8) is 0 Å². The number of nitrogens with zero attached hydrogens (tertiary/aromatic N) is 4. The van der Waals surface area contributed by atoms with Crippen molar-refractivity contribution >= 4 is 11.6 Å². The molecular weight excluding hydrogens is 260 g/mol. The molecule has 1 aliphatic rings. The maximum atomic E-state index is 4.55. The number of benzene rings is 1. The standard InChI is InChI=1S/C17H22N4/c1-20(2)16-8-6-7-14(11-16)15-12-18-17(19-13-15)21-9-4-3-5-10-21/h6-8,11-13H,3-5,9-10H2,1-2H3. The van der Waals surface area contributed by atoms with E-state index in [4.69, 9.17) is 0 Å². The summed E-state index contributed by atoms with van der Waals surface area (Å²) in [5, 5.41) is 0. The first-order valence-electron chi connectivity index (χ1n) is 7.59. The lowest BCUT2D eigenvalue weighted by molar-refractivity contribution is 0.568. The van der Waals surface area contributed by atoms with Gasteiger partial charge in [0.2, 0.25) is 5.95 Å². The fourth-order valence-corrected chi connectivity index (χ4v) is 2.69. The summed E-state index contributed by atoms with van der Waals surface area (Å²) < 4.78 is 0. The summed E-state index contributed by atoms with van der Waals surface area (Å²) in [6.45, 7) is 2.16. The van der Waals surface area contributed by atoms with Crippen LogP contribution in [0.5, 0.6) is 0 Å². The lowest BCUT2D eigenvalue weighted by atomic mass is 10.1. The van der Waals surface area contributed by atoms with Gasteiger partial charge in [0.25, 0.3) is 0 Å². The van der Waals surface area contributed by atoms with E-state index in [9.17, 15) is 0 Å². The van der Waals surface area contributed by atoms with E-state index in [-0.39, 0.29) is 0 Å². The third-order valence-corrected chi connectivity index (χ3v) is 3.97. The van der Waals surface area contributed by atoms with Gasteiger partial charge in [0.05, 0.1) is 0 Å². The molecule has 1 aromatic heterocycles. The average molecular weight is 282 g/mol. The van der Waals surface area contributed by atoms with Gasteiger partial charge in [0.15, 0.2) is 0 Å². The second-order valence-electron chi connectivity index (χ2n) is 5.76. The van der Waals surface area contributed by atoms with Gasteiger partial charge in [-0.1, -0.05) is 12.1 Å². The second kappa shape index (κ2) is 6.12. The van der Waals surface area contributed by atoms with Crippen molar-refractivity contribution < 1.29 is 0 Å². The van der Waals surface area contributed by atoms with Crippen LogP contribution in [-0.2, 0) is 0 Å². The fraction of sp³-hybridized carbons (Fsp3) is 0.412. The van der Waals surface area contributed by atoms with Crippen LogP contribution in [0, 0.1) is 0 Å². The molecule has 3 rings (SSSR count). The van der Waals surface area contributed by atoms with Crippen LogP contribution >= 0.6 is 0 Å². The van der Waals surface area contributed by atoms with E-state index in [0.29, 0.717) is 0 Å². The number of aromatic nitrogens is 2. The van der Waals surface area contributed by atoms with Gasteiger partial charge in [0, 0.05) is 50.8 Å². The maximum absolute atomic E-state index is 4.55. The molecular formula is C17H22N4. The molecule has 2 aromatic rings. The Labute approximate surface area is 126 Å². The zero-order valence-electron chi connectivity index (χ0n) is 12.8. The largest absolute Gasteiger partial charge is 0.378 e. The minimum Gasteiger partial charge on any atom is -0.378 e. The van der Waals surface area contributed by atoms with Crippen molar-refractivity contribution in [2.75, 3.05) is 37.0 Å². The number of hydrogen-bond donors (Lipinski definition) is 0. The van der Waals surface area contributed by atoms with Gasteiger partial charge in [-0.2, -0.15) is 0 Å². The van der Waals surface area contributed by atoms with E-state index in [1.807, 2.05) is 12.4 Å². The molecule has 0 unspecified atom stereocenters. The van der Waals surface area contributed by atoms with Crippen LogP contribution in [0.15, 0.2) is 36.7 Å². The van der Waals surface area contributed by atoms with Crippen molar-refractivity contribution in [2.45, 2.75) is 19.3 Å². The lowest BCUT2D eigenvalue weighted by Gasteiger charge is -2.26. The first-order chi connectivity index (χ1) is 10.2. The van der Waals surface area contributed by atoms with E-state index < -0.39 is 0 Å². The highest BCUT2D eigenvalue weighted by Gasteiger charge is 2.13. The highest BCUT2D eigenvalue weighted by molar-refractivity contribution is 5.67. The minimum absolute atomic E-state index is 0.863. The molecule has 110 valence electrons. The number of rotatable bonds is 3. The Morgan fingerprint density at radius 3 is 2.33 bits per heavy atom. The molecule has 0 radical (unpaired) electrons. The van der Waals surface area contributed by atoms with Crippen LogP contribution in [0.2, 0.25) is 0 Å². The Kier molecular flexibility index (Phi) is 4.04. The molecule has 0 atom stereocenters. The van der Waals surface area contributed by atoms with Crippen LogP contribution < -0.4 is 9.80 Å². The SMILES string of the molecule is CN(C)c1cccc(-c2cnc(N3CCCCC3)nc2)c1. The zero-order chi connectivity index (χ0) is 14.7. The smallest absolute Gasteiger partial charge is 0.225 e. The van der Waals surface area contributed by atoms with Gasteiger partial charge in [-0.05, 0) is 37.0 Å². The Bertz CT molecular complexity index is 586. The first-order valence-corrected chi connectivity index (χ1v) is 7.59. The molecule has 2 heterocycles. The molecule has 4 nitrogen and oxygen atoms in total. The molecule has 0 aliphatic carbocycles. The van der Waals surface area contributed by atoms with Crippen LogP contribution in [-0.4, -0.2) is 37.2 Å². The molecule has 4 heteroatoms. The fourth-order valence-electron chi connectivity index (χ4n) is 2.69. The Hall–Kier alpha value is -2.10. The zero-order valence-corrected chi connectivity index (χ0v) is 12.8. The van der Waals surface area contributed by atoms with Crippen LogP contribution in [0.25, 0.3) is 11.1 Å². The van der Waals surface area contributed by atoms with Crippen LogP contribution in [0.1, 0.15) is 19.3 Å². The molecule has 21 heavy (non-hydrogen) atoms. The maximum Gasteiger partial charge on any atom is 0.225 e. The van der Waals surface area contributed by atoms with E-state index in [0.717, 1.165) is 30.2 Å². The predicted octanol–water partition coefficient (Wildman–Crippen LogP) is 3.20. The summed E-state index contributed by atoms with van der Waals surface area (Å²) in [6.07, 6.45) is 7.69. The van der Waals surface area contributed by atoms with E-state index in [1.165, 1.54) is 24.9 Å². The summed E-state index contributed by atoms with van der Waals surface area (Å²) in [6, 6.07) is 8.45. The van der Waals surface area contributed by atoms with Crippen molar-refractivity contribution in [2.24, 2.45) is 0 Å². The lowest BCUT2D eigenvalue weighted by Crippen LogP contribution is -2.30. The first kappa shape index (κ1) is 13.9. The van der Waals surface area contributed by atoms with Crippen LogP contribution in [0.4, 0.5) is 11.6 Å². The second-order valence-corrected chi connectivity index (χ2v) is 5.76. The topological polar surface area (TPSA) is 32.3 Å². The molecule has 1 aromatic carbocycles. The summed E-state index contributed by atoms with van der Waals surface area (Å²) in [5.41, 5.74) is 3.42. The van der Waals surface area contributed by atoms with E-state index in [2.05, 4.69) is 58.1 Å². The van der Waals surface area contributed by atoms with Gasteiger partial charge >= 0.3 is 0 Å². The highest BCUT2D eigenvalue weighted by Crippen LogP contribution is 2.24. The average Bonchev–Trinajstić information content (AvgIpc) is 2.56. The Balaban J connectivity index is 1.81. The van der Waals surface area contributed by atoms with Crippen molar-refractivity contribution in [3.8, 4) is 11.1 Å². The normalized spacial score (nSPS) is 15.0. The van der Waals surface area contributed by atoms with Crippen molar-refractivity contribution in [3.05, 3.63) is 36.7 Å². The molecule has 1 fully saturated rings. The number of piperidine rings is 1. The van der Waals surface area contributed by atoms with Crippen LogP contribution in [0.3, 0.4) is 0 Å². The van der Waals surface area contributed by atoms with Crippen molar-refractivity contribution in [1.29, 1.82) is 0 Å². The minimum atomic E-state index is 0.863. The van der Waals surface area contributed by atoms with Gasteiger partial charge < -0.3 is 9.80 Å². The summed E-state index contributed by atoms with van der Waals surface area (Å²) >= 11 is 0. The Morgan fingerprint density at radius 2 is 1.67 bits per heavy atom. The molecule has 0 N–H and O–H groups in total.